The summed E-state index contributed by atoms with van der Waals surface area (Å²) >= 11 is 0. The van der Waals surface area contributed by atoms with Crippen LogP contribution in [0.5, 0.6) is 0 Å². The minimum atomic E-state index is -4.07. The molecular weight excluding hydrogens is 217 g/mol. The van der Waals surface area contributed by atoms with Gasteiger partial charge in [-0.1, -0.05) is 49.3 Å². The Labute approximate surface area is 85.4 Å². The molecule has 80 valence electrons. The first-order chi connectivity index (χ1) is 5.67. The van der Waals surface area contributed by atoms with E-state index in [1.807, 2.05) is 20.8 Å². The normalized spacial score (nSPS) is 15.9. The lowest BCUT2D eigenvalue weighted by molar-refractivity contribution is -0.128. The van der Waals surface area contributed by atoms with E-state index < -0.39 is 11.4 Å². The van der Waals surface area contributed by atoms with E-state index >= 15 is 0 Å². The summed E-state index contributed by atoms with van der Waals surface area (Å²) in [6.45, 7) is 7.30. The largest absolute Gasteiger partial charge is 0.401 e. The van der Waals surface area contributed by atoms with Gasteiger partial charge in [0.25, 0.3) is 0 Å². The molecule has 0 rings (SSSR count). The predicted octanol–water partition coefficient (Wildman–Crippen LogP) is 4.51. The molecule has 0 aliphatic rings. The smallest absolute Gasteiger partial charge is 0.170 e. The molecule has 0 aliphatic carbocycles. The van der Waals surface area contributed by atoms with Crippen LogP contribution in [0.25, 0.3) is 0 Å². The summed E-state index contributed by atoms with van der Waals surface area (Å²) in [5.41, 5.74) is 0. The molecule has 5 heteroatoms. The third-order valence-electron chi connectivity index (χ3n) is 1.15. The van der Waals surface area contributed by atoms with Crippen LogP contribution in [0.2, 0.25) is 0 Å². The van der Waals surface area contributed by atoms with Crippen molar-refractivity contribution >= 4 is 21.6 Å². The molecule has 13 heavy (non-hydrogen) atoms. The van der Waals surface area contributed by atoms with Crippen molar-refractivity contribution < 1.29 is 13.2 Å². The van der Waals surface area contributed by atoms with E-state index in [1.165, 1.54) is 10.8 Å². The Morgan fingerprint density at radius 2 is 1.62 bits per heavy atom. The lowest BCUT2D eigenvalue weighted by Crippen LogP contribution is -2.24. The molecule has 0 fully saturated rings. The fourth-order valence-electron chi connectivity index (χ4n) is 0.556. The average Bonchev–Trinajstić information content (AvgIpc) is 1.82. The van der Waals surface area contributed by atoms with Gasteiger partial charge in [-0.15, -0.1) is 0 Å². The fraction of sp³-hybridized carbons (Fsp3) is 1.00. The highest BCUT2D eigenvalue weighted by atomic mass is 33.1. The maximum absolute atomic E-state index is 12.3. The molecule has 0 N–H and O–H groups in total. The summed E-state index contributed by atoms with van der Waals surface area (Å²) in [5.74, 6) is 0. The Bertz CT molecular complexity index is 148. The molecule has 0 aliphatic heterocycles. The first kappa shape index (κ1) is 13.5. The van der Waals surface area contributed by atoms with Crippen molar-refractivity contribution in [1.29, 1.82) is 0 Å². The molecule has 0 spiro atoms. The molecule has 0 nitrogen and oxygen atoms in total. The molecule has 0 saturated carbocycles. The third kappa shape index (κ3) is 6.55. The van der Waals surface area contributed by atoms with E-state index in [0.717, 1.165) is 10.8 Å². The maximum atomic E-state index is 12.3. The predicted molar refractivity (Wildman–Crippen MR) is 55.1 cm³/mol. The highest BCUT2D eigenvalue weighted by Crippen LogP contribution is 2.44. The summed E-state index contributed by atoms with van der Waals surface area (Å²) in [5, 5.41) is -1.24. The van der Waals surface area contributed by atoms with Gasteiger partial charge in [-0.25, -0.2) is 0 Å². The van der Waals surface area contributed by atoms with Crippen LogP contribution in [0.4, 0.5) is 13.2 Å². The van der Waals surface area contributed by atoms with Crippen LogP contribution in [0.15, 0.2) is 0 Å². The van der Waals surface area contributed by atoms with Crippen molar-refractivity contribution in [1.82, 2.24) is 0 Å². The summed E-state index contributed by atoms with van der Waals surface area (Å²) in [6, 6.07) is 0. The van der Waals surface area contributed by atoms with Crippen LogP contribution < -0.4 is 0 Å². The molecule has 0 radical (unpaired) electrons. The zero-order valence-electron chi connectivity index (χ0n) is 8.23. The molecule has 0 aromatic heterocycles. The van der Waals surface area contributed by atoms with Crippen LogP contribution in [-0.2, 0) is 0 Å². The van der Waals surface area contributed by atoms with Gasteiger partial charge in [-0.3, -0.25) is 0 Å². The second kappa shape index (κ2) is 4.82. The quantitative estimate of drug-likeness (QED) is 0.657. The van der Waals surface area contributed by atoms with Gasteiger partial charge in [0.2, 0.25) is 0 Å². The lowest BCUT2D eigenvalue weighted by Gasteiger charge is -2.22. The van der Waals surface area contributed by atoms with E-state index in [4.69, 9.17) is 0 Å². The van der Waals surface area contributed by atoms with Gasteiger partial charge >= 0.3 is 6.18 Å². The lowest BCUT2D eigenvalue weighted by atomic mass is 10.3. The van der Waals surface area contributed by atoms with Gasteiger partial charge in [0.15, 0.2) is 0 Å². The highest BCUT2D eigenvalue weighted by molar-refractivity contribution is 8.77. The number of hydrogen-bond acceptors (Lipinski definition) is 2. The zero-order valence-corrected chi connectivity index (χ0v) is 9.87. The van der Waals surface area contributed by atoms with E-state index in [-0.39, 0.29) is 11.2 Å². The Kier molecular flexibility index (Phi) is 5.00. The second-order valence-electron chi connectivity index (χ2n) is 3.73. The van der Waals surface area contributed by atoms with Gasteiger partial charge in [-0.05, 0) is 6.42 Å². The van der Waals surface area contributed by atoms with Crippen molar-refractivity contribution in [2.45, 2.75) is 50.3 Å². The Balaban J connectivity index is 4.02. The number of rotatable bonds is 3. The minimum absolute atomic E-state index is 0.122. The van der Waals surface area contributed by atoms with Crippen molar-refractivity contribution in [3.63, 3.8) is 0 Å². The number of halogens is 3. The molecule has 0 aromatic rings. The molecule has 1 unspecified atom stereocenters. The van der Waals surface area contributed by atoms with Crippen LogP contribution in [-0.4, -0.2) is 16.2 Å². The average molecular weight is 232 g/mol. The summed E-state index contributed by atoms with van der Waals surface area (Å²) in [6.07, 6.45) is -3.94. The molecule has 1 atom stereocenters. The zero-order chi connectivity index (χ0) is 10.7. The number of hydrogen-bond donors (Lipinski definition) is 0. The number of alkyl halides is 3. The van der Waals surface area contributed by atoms with E-state index in [0.29, 0.717) is 0 Å². The highest BCUT2D eigenvalue weighted by Gasteiger charge is 2.39. The summed E-state index contributed by atoms with van der Waals surface area (Å²) < 4.78 is 36.7. The Morgan fingerprint density at radius 1 is 1.15 bits per heavy atom. The van der Waals surface area contributed by atoms with Gasteiger partial charge in [-0.2, -0.15) is 13.2 Å². The molecule has 0 bridgehead atoms. The molecule has 0 heterocycles. The Hall–Kier alpha value is 0.490. The first-order valence-electron chi connectivity index (χ1n) is 4.08. The summed E-state index contributed by atoms with van der Waals surface area (Å²) in [7, 11) is 2.22. The maximum Gasteiger partial charge on any atom is 0.401 e. The van der Waals surface area contributed by atoms with Gasteiger partial charge in [0.1, 0.15) is 5.25 Å². The first-order valence-corrected chi connectivity index (χ1v) is 6.29. The van der Waals surface area contributed by atoms with Crippen LogP contribution >= 0.6 is 21.6 Å². The van der Waals surface area contributed by atoms with Crippen molar-refractivity contribution in [3.8, 4) is 0 Å². The van der Waals surface area contributed by atoms with E-state index in [2.05, 4.69) is 0 Å². The second-order valence-corrected chi connectivity index (χ2v) is 6.96. The van der Waals surface area contributed by atoms with Gasteiger partial charge in [0.05, 0.1) is 0 Å². The summed E-state index contributed by atoms with van der Waals surface area (Å²) in [4.78, 5) is 0. The fourth-order valence-corrected chi connectivity index (χ4v) is 3.16. The van der Waals surface area contributed by atoms with Crippen molar-refractivity contribution in [2.75, 3.05) is 0 Å². The van der Waals surface area contributed by atoms with Crippen LogP contribution in [0.3, 0.4) is 0 Å². The standard InChI is InChI=1S/C8H15F3S2/c1-5-6(8(9,10)11)12-13-7(2,3)4/h6H,5H2,1-4H3. The van der Waals surface area contributed by atoms with Crippen molar-refractivity contribution in [2.24, 2.45) is 0 Å². The monoisotopic (exact) mass is 232 g/mol. The van der Waals surface area contributed by atoms with Gasteiger partial charge < -0.3 is 0 Å². The van der Waals surface area contributed by atoms with Crippen LogP contribution in [0, 0.1) is 0 Å². The third-order valence-corrected chi connectivity index (χ3v) is 5.06. The molecule has 0 amide bonds. The SMILES string of the molecule is CCC(SSC(C)(C)C)C(F)(F)F. The van der Waals surface area contributed by atoms with E-state index in [1.54, 1.807) is 6.92 Å². The Morgan fingerprint density at radius 3 is 1.85 bits per heavy atom. The molecular formula is C8H15F3S2. The molecule has 0 saturated heterocycles. The van der Waals surface area contributed by atoms with Crippen LogP contribution in [0.1, 0.15) is 34.1 Å². The molecule has 0 aromatic carbocycles. The topological polar surface area (TPSA) is 0 Å². The van der Waals surface area contributed by atoms with Gasteiger partial charge in [0, 0.05) is 4.75 Å². The minimum Gasteiger partial charge on any atom is -0.170 e. The van der Waals surface area contributed by atoms with E-state index in [9.17, 15) is 13.2 Å². The van der Waals surface area contributed by atoms with Crippen molar-refractivity contribution in [3.05, 3.63) is 0 Å².